The molecule has 2 N–H and O–H groups in total. The highest BCUT2D eigenvalue weighted by Gasteiger charge is 2.29. The maximum Gasteiger partial charge on any atom is 0.261 e. The van der Waals surface area contributed by atoms with Gasteiger partial charge in [0.05, 0.1) is 15.9 Å². The van der Waals surface area contributed by atoms with Gasteiger partial charge >= 0.3 is 0 Å². The summed E-state index contributed by atoms with van der Waals surface area (Å²) in [4.78, 5) is 24.6. The van der Waals surface area contributed by atoms with Crippen LogP contribution in [0.25, 0.3) is 0 Å². The minimum atomic E-state index is -0.117. The molecule has 1 aromatic carbocycles. The molecule has 22 heavy (non-hydrogen) atoms. The van der Waals surface area contributed by atoms with Crippen molar-refractivity contribution in [1.82, 2.24) is 5.32 Å². The number of thiophene rings is 1. The molecule has 1 unspecified atom stereocenters. The Labute approximate surface area is 133 Å². The molecule has 0 spiro atoms. The average Bonchev–Trinajstić information content (AvgIpc) is 3.28. The zero-order valence-electron chi connectivity index (χ0n) is 12.3. The molecule has 1 aliphatic rings. The average molecular weight is 314 g/mol. The van der Waals surface area contributed by atoms with Gasteiger partial charge in [-0.05, 0) is 37.5 Å². The van der Waals surface area contributed by atoms with Crippen LogP contribution in [0.4, 0.5) is 5.00 Å². The van der Waals surface area contributed by atoms with Crippen LogP contribution >= 0.6 is 11.3 Å². The second kappa shape index (κ2) is 6.32. The van der Waals surface area contributed by atoms with Crippen molar-refractivity contribution in [2.45, 2.75) is 25.8 Å². The van der Waals surface area contributed by atoms with E-state index in [4.69, 9.17) is 0 Å². The fraction of sp³-hybridized carbons (Fsp3) is 0.294. The first-order valence-electron chi connectivity index (χ1n) is 7.40. The first-order chi connectivity index (χ1) is 10.6. The van der Waals surface area contributed by atoms with Gasteiger partial charge in [0.2, 0.25) is 5.91 Å². The maximum absolute atomic E-state index is 12.3. The Kier molecular flexibility index (Phi) is 4.24. The van der Waals surface area contributed by atoms with E-state index in [0.717, 1.165) is 23.4 Å². The third-order valence-corrected chi connectivity index (χ3v) is 4.67. The Balaban J connectivity index is 1.60. The molecule has 0 bridgehead atoms. The van der Waals surface area contributed by atoms with Crippen molar-refractivity contribution < 1.29 is 9.59 Å². The van der Waals surface area contributed by atoms with Crippen LogP contribution in [0.2, 0.25) is 0 Å². The van der Waals surface area contributed by atoms with E-state index in [1.165, 1.54) is 11.3 Å². The Bertz CT molecular complexity index is 677. The summed E-state index contributed by atoms with van der Waals surface area (Å²) in [5.41, 5.74) is 1.06. The lowest BCUT2D eigenvalue weighted by Crippen LogP contribution is -2.25. The first kappa shape index (κ1) is 14.8. The Morgan fingerprint density at radius 3 is 2.55 bits per heavy atom. The minimum Gasteiger partial charge on any atom is -0.345 e. The zero-order valence-corrected chi connectivity index (χ0v) is 13.2. The maximum atomic E-state index is 12.3. The highest BCUT2D eigenvalue weighted by molar-refractivity contribution is 7.18. The van der Waals surface area contributed by atoms with Gasteiger partial charge in [-0.2, -0.15) is 0 Å². The van der Waals surface area contributed by atoms with E-state index < -0.39 is 0 Å². The van der Waals surface area contributed by atoms with Crippen LogP contribution in [0.15, 0.2) is 42.5 Å². The van der Waals surface area contributed by atoms with Gasteiger partial charge < -0.3 is 10.6 Å². The van der Waals surface area contributed by atoms with Gasteiger partial charge in [0, 0.05) is 5.92 Å². The van der Waals surface area contributed by atoms with Crippen LogP contribution in [-0.2, 0) is 4.79 Å². The predicted octanol–water partition coefficient (Wildman–Crippen LogP) is 3.59. The quantitative estimate of drug-likeness (QED) is 0.886. The lowest BCUT2D eigenvalue weighted by Gasteiger charge is -2.13. The van der Waals surface area contributed by atoms with Gasteiger partial charge in [0.25, 0.3) is 5.91 Å². The van der Waals surface area contributed by atoms with Crippen LogP contribution in [-0.4, -0.2) is 11.8 Å². The van der Waals surface area contributed by atoms with Gasteiger partial charge in [0.1, 0.15) is 0 Å². The molecule has 1 fully saturated rings. The third kappa shape index (κ3) is 3.54. The normalized spacial score (nSPS) is 15.1. The summed E-state index contributed by atoms with van der Waals surface area (Å²) in [5.74, 6) is 0.109. The Morgan fingerprint density at radius 1 is 1.14 bits per heavy atom. The van der Waals surface area contributed by atoms with Crippen molar-refractivity contribution in [3.05, 3.63) is 52.9 Å². The number of nitrogens with one attached hydrogen (secondary N) is 2. The van der Waals surface area contributed by atoms with E-state index in [9.17, 15) is 9.59 Å². The van der Waals surface area contributed by atoms with Gasteiger partial charge in [-0.1, -0.05) is 30.3 Å². The molecular weight excluding hydrogens is 296 g/mol. The summed E-state index contributed by atoms with van der Waals surface area (Å²) in [6.45, 7) is 1.95. The number of anilines is 1. The number of hydrogen-bond donors (Lipinski definition) is 2. The summed E-state index contributed by atoms with van der Waals surface area (Å²) in [6.07, 6.45) is 1.94. The molecule has 1 heterocycles. The zero-order chi connectivity index (χ0) is 15.5. The van der Waals surface area contributed by atoms with Gasteiger partial charge in [-0.3, -0.25) is 9.59 Å². The number of amides is 2. The molecule has 0 radical (unpaired) electrons. The molecule has 4 nitrogen and oxygen atoms in total. The van der Waals surface area contributed by atoms with Crippen molar-refractivity contribution in [3.63, 3.8) is 0 Å². The van der Waals surface area contributed by atoms with Crippen LogP contribution in [0, 0.1) is 5.92 Å². The molecule has 0 aliphatic heterocycles. The monoisotopic (exact) mass is 314 g/mol. The highest BCUT2D eigenvalue weighted by atomic mass is 32.1. The number of carbonyl (C=O) groups is 2. The van der Waals surface area contributed by atoms with Crippen LogP contribution in [0.3, 0.4) is 0 Å². The summed E-state index contributed by atoms with van der Waals surface area (Å²) in [6, 6.07) is 13.3. The van der Waals surface area contributed by atoms with Gasteiger partial charge in [-0.15, -0.1) is 11.3 Å². The lowest BCUT2D eigenvalue weighted by molar-refractivity contribution is -0.117. The van der Waals surface area contributed by atoms with E-state index in [1.54, 1.807) is 12.1 Å². The topological polar surface area (TPSA) is 58.2 Å². The second-order valence-corrected chi connectivity index (χ2v) is 6.62. The van der Waals surface area contributed by atoms with E-state index in [0.29, 0.717) is 4.88 Å². The Morgan fingerprint density at radius 2 is 1.86 bits per heavy atom. The molecule has 5 heteroatoms. The van der Waals surface area contributed by atoms with Crippen molar-refractivity contribution in [2.24, 2.45) is 5.92 Å². The number of benzene rings is 1. The third-order valence-electron chi connectivity index (χ3n) is 3.67. The van der Waals surface area contributed by atoms with Crippen LogP contribution in [0.5, 0.6) is 0 Å². The van der Waals surface area contributed by atoms with Crippen molar-refractivity contribution in [1.29, 1.82) is 0 Å². The molecular formula is C17H18N2O2S. The predicted molar refractivity (Wildman–Crippen MR) is 88.0 cm³/mol. The fourth-order valence-corrected chi connectivity index (χ4v) is 3.00. The van der Waals surface area contributed by atoms with E-state index in [2.05, 4.69) is 10.6 Å². The molecule has 0 saturated heterocycles. The van der Waals surface area contributed by atoms with Crippen LogP contribution < -0.4 is 10.6 Å². The highest BCUT2D eigenvalue weighted by Crippen LogP contribution is 2.31. The summed E-state index contributed by atoms with van der Waals surface area (Å²) in [5, 5.41) is 6.57. The number of rotatable bonds is 5. The van der Waals surface area contributed by atoms with E-state index in [-0.39, 0.29) is 23.8 Å². The lowest BCUT2D eigenvalue weighted by atomic mass is 10.1. The molecule has 1 aliphatic carbocycles. The molecule has 3 rings (SSSR count). The second-order valence-electron chi connectivity index (χ2n) is 5.53. The SMILES string of the molecule is CC(NC(=O)c1ccc(NC(=O)C2CC2)s1)c1ccccc1. The Hall–Kier alpha value is -2.14. The van der Waals surface area contributed by atoms with Gasteiger partial charge in [0.15, 0.2) is 0 Å². The molecule has 2 aromatic rings. The molecule has 2 amide bonds. The molecule has 1 saturated carbocycles. The van der Waals surface area contributed by atoms with E-state index >= 15 is 0 Å². The summed E-state index contributed by atoms with van der Waals surface area (Å²) < 4.78 is 0. The van der Waals surface area contributed by atoms with Crippen LogP contribution in [0.1, 0.15) is 41.0 Å². The molecule has 1 atom stereocenters. The molecule has 114 valence electrons. The smallest absolute Gasteiger partial charge is 0.261 e. The summed E-state index contributed by atoms with van der Waals surface area (Å²) >= 11 is 1.31. The number of hydrogen-bond acceptors (Lipinski definition) is 3. The molecule has 1 aromatic heterocycles. The number of carbonyl (C=O) groups excluding carboxylic acids is 2. The van der Waals surface area contributed by atoms with E-state index in [1.807, 2.05) is 37.3 Å². The summed E-state index contributed by atoms with van der Waals surface area (Å²) in [7, 11) is 0. The van der Waals surface area contributed by atoms with Crippen molar-refractivity contribution in [3.8, 4) is 0 Å². The van der Waals surface area contributed by atoms with Crippen molar-refractivity contribution >= 4 is 28.2 Å². The largest absolute Gasteiger partial charge is 0.345 e. The first-order valence-corrected chi connectivity index (χ1v) is 8.21. The standard InChI is InChI=1S/C17H18N2O2S/c1-11(12-5-3-2-4-6-12)18-17(21)14-9-10-15(22-14)19-16(20)13-7-8-13/h2-6,9-11,13H,7-8H2,1H3,(H,18,21)(H,19,20). The van der Waals surface area contributed by atoms with Crippen molar-refractivity contribution in [2.75, 3.05) is 5.32 Å². The fourth-order valence-electron chi connectivity index (χ4n) is 2.19. The minimum absolute atomic E-state index is 0.0553. The van der Waals surface area contributed by atoms with Gasteiger partial charge in [-0.25, -0.2) is 0 Å².